The summed E-state index contributed by atoms with van der Waals surface area (Å²) in [5, 5.41) is 15.3. The van der Waals surface area contributed by atoms with Crippen molar-refractivity contribution in [2.45, 2.75) is 38.6 Å². The van der Waals surface area contributed by atoms with Crippen molar-refractivity contribution in [1.82, 2.24) is 19.7 Å². The molecule has 43 heavy (non-hydrogen) atoms. The van der Waals surface area contributed by atoms with Gasteiger partial charge in [0.1, 0.15) is 40.5 Å². The SMILES string of the molecule is CC1(C=C(C#N)C(=O)N2CCC[C@@H](n3nc(-c4ccc(Oc5ccccc5)cc4F)c4c(N)nccc43)C2)CCOCC1. The number of carbonyl (C=O) groups excluding carboxylic acids is 1. The first-order chi connectivity index (χ1) is 20.8. The number of ether oxygens (including phenoxy) is 2. The molecule has 0 bridgehead atoms. The summed E-state index contributed by atoms with van der Waals surface area (Å²) < 4.78 is 28.7. The van der Waals surface area contributed by atoms with Crippen molar-refractivity contribution in [2.24, 2.45) is 5.41 Å². The molecule has 2 aliphatic heterocycles. The van der Waals surface area contributed by atoms with Crippen LogP contribution in [-0.4, -0.2) is 51.9 Å². The van der Waals surface area contributed by atoms with Gasteiger partial charge in [-0.15, -0.1) is 0 Å². The van der Waals surface area contributed by atoms with Crippen LogP contribution < -0.4 is 10.5 Å². The van der Waals surface area contributed by atoms with Crippen LogP contribution in [0.2, 0.25) is 0 Å². The fraction of sp³-hybridized carbons (Fsp3) is 0.333. The van der Waals surface area contributed by atoms with Crippen molar-refractivity contribution >= 4 is 22.6 Å². The smallest absolute Gasteiger partial charge is 0.264 e. The number of pyridine rings is 1. The number of benzene rings is 2. The normalized spacial score (nSPS) is 18.8. The molecule has 6 rings (SSSR count). The van der Waals surface area contributed by atoms with Crippen LogP contribution in [0.5, 0.6) is 11.5 Å². The quantitative estimate of drug-likeness (QED) is 0.218. The standard InChI is InChI=1S/C33H33FN6O3/c1-33(12-16-42-17-13-33)19-22(20-35)32(41)39-15-5-6-23(21-39)40-28-11-14-37-31(36)29(28)30(38-40)26-10-9-25(18-27(26)34)43-24-7-3-2-4-8-24/h2-4,7-11,14,18-19,23H,5-6,12-13,15-17,21H2,1H3,(H2,36,37)/t23-/m1/s1. The van der Waals surface area contributed by atoms with E-state index < -0.39 is 5.82 Å². The third-order valence-corrected chi connectivity index (χ3v) is 8.33. The van der Waals surface area contributed by atoms with Gasteiger partial charge in [-0.05, 0) is 61.4 Å². The molecule has 2 aromatic heterocycles. The number of anilines is 1. The molecule has 0 aliphatic carbocycles. The fourth-order valence-electron chi connectivity index (χ4n) is 5.94. The van der Waals surface area contributed by atoms with E-state index in [0.29, 0.717) is 54.4 Å². The van der Waals surface area contributed by atoms with Crippen molar-refractivity contribution < 1.29 is 18.7 Å². The van der Waals surface area contributed by atoms with Crippen LogP contribution >= 0.6 is 0 Å². The molecule has 1 amide bonds. The topological polar surface area (TPSA) is 119 Å². The van der Waals surface area contributed by atoms with E-state index in [0.717, 1.165) is 25.7 Å². The van der Waals surface area contributed by atoms with E-state index in [-0.39, 0.29) is 34.3 Å². The predicted octanol–water partition coefficient (Wildman–Crippen LogP) is 6.04. The summed E-state index contributed by atoms with van der Waals surface area (Å²) in [5.74, 6) is 0.419. The number of rotatable bonds is 6. The van der Waals surface area contributed by atoms with Crippen LogP contribution in [0.4, 0.5) is 10.2 Å². The number of aromatic nitrogens is 3. The Bertz CT molecular complexity index is 1720. The second kappa shape index (κ2) is 11.9. The summed E-state index contributed by atoms with van der Waals surface area (Å²) in [5.41, 5.74) is 7.58. The van der Waals surface area contributed by atoms with Crippen LogP contribution in [0.1, 0.15) is 38.6 Å². The number of carbonyl (C=O) groups is 1. The molecular formula is C33H33FN6O3. The summed E-state index contributed by atoms with van der Waals surface area (Å²) in [6, 6.07) is 17.6. The molecule has 0 spiro atoms. The van der Waals surface area contributed by atoms with Crippen molar-refractivity contribution in [2.75, 3.05) is 32.0 Å². The number of nitrogens with zero attached hydrogens (tertiary/aromatic N) is 5. The third-order valence-electron chi connectivity index (χ3n) is 8.33. The Morgan fingerprint density at radius 1 is 1.19 bits per heavy atom. The van der Waals surface area contributed by atoms with Gasteiger partial charge in [-0.25, -0.2) is 9.37 Å². The highest BCUT2D eigenvalue weighted by molar-refractivity contribution is 6.00. The average Bonchev–Trinajstić information content (AvgIpc) is 3.41. The average molecular weight is 581 g/mol. The first-order valence-electron chi connectivity index (χ1n) is 14.5. The Morgan fingerprint density at radius 2 is 1.98 bits per heavy atom. The van der Waals surface area contributed by atoms with Crippen molar-refractivity contribution in [3.8, 4) is 28.8 Å². The van der Waals surface area contributed by atoms with Gasteiger partial charge in [-0.2, -0.15) is 10.4 Å². The highest BCUT2D eigenvalue weighted by atomic mass is 19.1. The van der Waals surface area contributed by atoms with Gasteiger partial charge in [0.15, 0.2) is 0 Å². The third kappa shape index (κ3) is 5.81. The number of piperidine rings is 1. The van der Waals surface area contributed by atoms with Gasteiger partial charge in [-0.3, -0.25) is 9.48 Å². The van der Waals surface area contributed by atoms with Gasteiger partial charge >= 0.3 is 0 Å². The number of halogens is 1. The number of nitrogens with two attached hydrogens (primary N) is 1. The van der Waals surface area contributed by atoms with Gasteiger partial charge in [0.05, 0.1) is 16.9 Å². The Kier molecular flexibility index (Phi) is 7.82. The Morgan fingerprint density at radius 3 is 2.72 bits per heavy atom. The van der Waals surface area contributed by atoms with Crippen molar-refractivity contribution in [3.63, 3.8) is 0 Å². The lowest BCUT2D eigenvalue weighted by atomic mass is 9.80. The molecule has 2 aliphatic rings. The van der Waals surface area contributed by atoms with Gasteiger partial charge < -0.3 is 20.1 Å². The van der Waals surface area contributed by atoms with Crippen LogP contribution in [0.25, 0.3) is 22.2 Å². The number of allylic oxidation sites excluding steroid dienone is 1. The highest BCUT2D eigenvalue weighted by Crippen LogP contribution is 2.38. The van der Waals surface area contributed by atoms with Crippen molar-refractivity contribution in [1.29, 1.82) is 5.26 Å². The molecule has 0 unspecified atom stereocenters. The van der Waals surface area contributed by atoms with Crippen LogP contribution in [0.15, 0.2) is 72.4 Å². The lowest BCUT2D eigenvalue weighted by Gasteiger charge is -2.34. The molecular weight excluding hydrogens is 547 g/mol. The van der Waals surface area contributed by atoms with E-state index in [1.165, 1.54) is 6.07 Å². The van der Waals surface area contributed by atoms with Gasteiger partial charge in [0.25, 0.3) is 5.91 Å². The molecule has 1 atom stereocenters. The summed E-state index contributed by atoms with van der Waals surface area (Å²) in [7, 11) is 0. The number of nitrogen functional groups attached to an aromatic ring is 1. The Balaban J connectivity index is 1.30. The number of fused-ring (bicyclic) bond motifs is 1. The predicted molar refractivity (Wildman–Crippen MR) is 161 cm³/mol. The number of likely N-dealkylation sites (tertiary alicyclic amines) is 1. The first-order valence-corrected chi connectivity index (χ1v) is 14.5. The van der Waals surface area contributed by atoms with E-state index in [4.69, 9.17) is 20.3 Å². The minimum Gasteiger partial charge on any atom is -0.457 e. The minimum absolute atomic E-state index is 0.157. The number of nitriles is 1. The van der Waals surface area contributed by atoms with Crippen molar-refractivity contribution in [3.05, 3.63) is 78.3 Å². The molecule has 2 N–H and O–H groups in total. The molecule has 0 radical (unpaired) electrons. The summed E-state index contributed by atoms with van der Waals surface area (Å²) in [4.78, 5) is 19.5. The number of amides is 1. The van der Waals surface area contributed by atoms with E-state index in [1.54, 1.807) is 41.4 Å². The summed E-state index contributed by atoms with van der Waals surface area (Å²) in [6.07, 6.45) is 6.45. The molecule has 2 aromatic carbocycles. The highest BCUT2D eigenvalue weighted by Gasteiger charge is 2.32. The molecule has 9 nitrogen and oxygen atoms in total. The Labute approximate surface area is 249 Å². The van der Waals surface area contributed by atoms with E-state index in [1.807, 2.05) is 29.0 Å². The number of para-hydroxylation sites is 1. The molecule has 2 saturated heterocycles. The second-order valence-electron chi connectivity index (χ2n) is 11.4. The maximum absolute atomic E-state index is 15.6. The summed E-state index contributed by atoms with van der Waals surface area (Å²) >= 11 is 0. The van der Waals surface area contributed by atoms with E-state index in [9.17, 15) is 10.1 Å². The minimum atomic E-state index is -0.505. The lowest BCUT2D eigenvalue weighted by molar-refractivity contribution is -0.128. The lowest BCUT2D eigenvalue weighted by Crippen LogP contribution is -2.41. The monoisotopic (exact) mass is 580 g/mol. The van der Waals surface area contributed by atoms with E-state index in [2.05, 4.69) is 18.0 Å². The molecule has 4 heterocycles. The fourth-order valence-corrected chi connectivity index (χ4v) is 5.94. The number of hydrogen-bond acceptors (Lipinski definition) is 7. The second-order valence-corrected chi connectivity index (χ2v) is 11.4. The van der Waals surface area contributed by atoms with Crippen LogP contribution in [0, 0.1) is 22.6 Å². The van der Waals surface area contributed by atoms with Gasteiger partial charge in [0, 0.05) is 44.1 Å². The maximum atomic E-state index is 15.6. The molecule has 220 valence electrons. The first kappa shape index (κ1) is 28.4. The zero-order valence-corrected chi connectivity index (χ0v) is 24.0. The molecule has 4 aromatic rings. The Hall–Kier alpha value is -4.75. The van der Waals surface area contributed by atoms with Gasteiger partial charge in [-0.1, -0.05) is 31.2 Å². The maximum Gasteiger partial charge on any atom is 0.264 e. The zero-order chi connectivity index (χ0) is 30.0. The van der Waals surface area contributed by atoms with E-state index >= 15 is 4.39 Å². The van der Waals surface area contributed by atoms with Gasteiger partial charge in [0.2, 0.25) is 0 Å². The largest absolute Gasteiger partial charge is 0.457 e. The van der Waals surface area contributed by atoms with Crippen LogP contribution in [0.3, 0.4) is 0 Å². The molecule has 0 saturated carbocycles. The summed E-state index contributed by atoms with van der Waals surface area (Å²) in [6.45, 7) is 4.20. The zero-order valence-electron chi connectivity index (χ0n) is 24.0. The molecule has 2 fully saturated rings. The van der Waals surface area contributed by atoms with Crippen LogP contribution in [-0.2, 0) is 9.53 Å². The molecule has 10 heteroatoms. The number of hydrogen-bond donors (Lipinski definition) is 1.